The molecule has 0 heterocycles. The molecule has 0 aromatic heterocycles. The van der Waals surface area contributed by atoms with Crippen LogP contribution in [0.5, 0.6) is 0 Å². The number of rotatable bonds is 3. The lowest BCUT2D eigenvalue weighted by Gasteiger charge is -2.06. The molecule has 0 amide bonds. The molecule has 0 aliphatic carbocycles. The van der Waals surface area contributed by atoms with E-state index in [1.165, 1.54) is 5.56 Å². The van der Waals surface area contributed by atoms with Gasteiger partial charge in [-0.3, -0.25) is 0 Å². The molecule has 0 spiro atoms. The summed E-state index contributed by atoms with van der Waals surface area (Å²) in [7, 11) is 0. The second kappa shape index (κ2) is 6.55. The quantitative estimate of drug-likeness (QED) is 0.791. The molecule has 1 rings (SSSR count). The topological polar surface area (TPSA) is 26.0 Å². The van der Waals surface area contributed by atoms with Crippen molar-refractivity contribution in [3.8, 4) is 11.8 Å². The Labute approximate surface area is 96.4 Å². The maximum absolute atomic E-state index is 5.37. The Morgan fingerprint density at radius 3 is 2.73 bits per heavy atom. The Kier molecular flexibility index (Phi) is 5.31. The normalized spacial score (nSPS) is 9.87. The maximum Gasteiger partial charge on any atom is 0.0555 e. The highest BCUT2D eigenvalue weighted by Crippen LogP contribution is 2.19. The predicted molar refractivity (Wildman–Crippen MR) is 68.8 cm³/mol. The molecule has 0 saturated carbocycles. The molecule has 0 atom stereocenters. The summed E-state index contributed by atoms with van der Waals surface area (Å²) >= 11 is 1.93. The van der Waals surface area contributed by atoms with Crippen molar-refractivity contribution in [1.82, 2.24) is 0 Å². The number of hydrogen-bond acceptors (Lipinski definition) is 2. The SMILES string of the molecule is CC(C)SCc1ccccc1C#CCN. The molecule has 1 nitrogen and oxygen atoms in total. The summed E-state index contributed by atoms with van der Waals surface area (Å²) in [6.45, 7) is 4.84. The van der Waals surface area contributed by atoms with Crippen LogP contribution in [0.4, 0.5) is 0 Å². The number of nitrogens with two attached hydrogens (primary N) is 1. The lowest BCUT2D eigenvalue weighted by Crippen LogP contribution is -1.95. The van der Waals surface area contributed by atoms with E-state index in [-0.39, 0.29) is 0 Å². The first-order chi connectivity index (χ1) is 7.24. The van der Waals surface area contributed by atoms with Crippen LogP contribution in [0.15, 0.2) is 24.3 Å². The van der Waals surface area contributed by atoms with Gasteiger partial charge in [0.2, 0.25) is 0 Å². The summed E-state index contributed by atoms with van der Waals surface area (Å²) < 4.78 is 0. The third-order valence-corrected chi connectivity index (χ3v) is 3.06. The molecule has 0 fully saturated rings. The van der Waals surface area contributed by atoms with Gasteiger partial charge in [-0.25, -0.2) is 0 Å². The van der Waals surface area contributed by atoms with Gasteiger partial charge in [-0.05, 0) is 16.9 Å². The first-order valence-electron chi connectivity index (χ1n) is 5.12. The molecule has 0 aliphatic heterocycles. The molecule has 15 heavy (non-hydrogen) atoms. The van der Waals surface area contributed by atoms with Crippen LogP contribution in [0.3, 0.4) is 0 Å². The van der Waals surface area contributed by atoms with Crippen molar-refractivity contribution in [3.63, 3.8) is 0 Å². The molecule has 0 bridgehead atoms. The Hall–Kier alpha value is -0.910. The van der Waals surface area contributed by atoms with Gasteiger partial charge in [-0.15, -0.1) is 0 Å². The molecule has 0 saturated heterocycles. The largest absolute Gasteiger partial charge is 0.320 e. The number of benzene rings is 1. The van der Waals surface area contributed by atoms with Crippen LogP contribution >= 0.6 is 11.8 Å². The van der Waals surface area contributed by atoms with E-state index in [2.05, 4.69) is 43.9 Å². The molecular weight excluding hydrogens is 202 g/mol. The molecular formula is C13H17NS. The summed E-state index contributed by atoms with van der Waals surface area (Å²) in [4.78, 5) is 0. The van der Waals surface area contributed by atoms with Crippen LogP contribution < -0.4 is 5.73 Å². The Balaban J connectivity index is 2.77. The molecule has 1 aromatic carbocycles. The lowest BCUT2D eigenvalue weighted by molar-refractivity contribution is 1.11. The summed E-state index contributed by atoms with van der Waals surface area (Å²) in [5.74, 6) is 7.03. The Morgan fingerprint density at radius 1 is 1.33 bits per heavy atom. The fraction of sp³-hybridized carbons (Fsp3) is 0.385. The minimum Gasteiger partial charge on any atom is -0.320 e. The zero-order valence-electron chi connectivity index (χ0n) is 9.29. The van der Waals surface area contributed by atoms with E-state index in [0.717, 1.165) is 11.3 Å². The summed E-state index contributed by atoms with van der Waals surface area (Å²) in [6, 6.07) is 8.27. The molecule has 0 radical (unpaired) electrons. The fourth-order valence-corrected chi connectivity index (χ4v) is 1.94. The van der Waals surface area contributed by atoms with Crippen molar-refractivity contribution in [2.24, 2.45) is 5.73 Å². The highest BCUT2D eigenvalue weighted by molar-refractivity contribution is 7.99. The second-order valence-corrected chi connectivity index (χ2v) is 5.09. The minimum absolute atomic E-state index is 0.422. The monoisotopic (exact) mass is 219 g/mol. The average molecular weight is 219 g/mol. The van der Waals surface area contributed by atoms with Crippen LogP contribution in [0.25, 0.3) is 0 Å². The molecule has 0 aliphatic rings. The van der Waals surface area contributed by atoms with Crippen LogP contribution in [-0.4, -0.2) is 11.8 Å². The summed E-state index contributed by atoms with van der Waals surface area (Å²) in [5.41, 5.74) is 7.78. The zero-order chi connectivity index (χ0) is 11.1. The van der Waals surface area contributed by atoms with Crippen LogP contribution in [0.1, 0.15) is 25.0 Å². The summed E-state index contributed by atoms with van der Waals surface area (Å²) in [6.07, 6.45) is 0. The maximum atomic E-state index is 5.37. The van der Waals surface area contributed by atoms with Crippen LogP contribution in [0, 0.1) is 11.8 Å². The zero-order valence-corrected chi connectivity index (χ0v) is 10.1. The number of hydrogen-bond donors (Lipinski definition) is 1. The van der Waals surface area contributed by atoms with Crippen LogP contribution in [-0.2, 0) is 5.75 Å². The second-order valence-electron chi connectivity index (χ2n) is 3.52. The van der Waals surface area contributed by atoms with Crippen molar-refractivity contribution >= 4 is 11.8 Å². The van der Waals surface area contributed by atoms with E-state index in [9.17, 15) is 0 Å². The van der Waals surface area contributed by atoms with Crippen molar-refractivity contribution < 1.29 is 0 Å². The number of thioether (sulfide) groups is 1. The first kappa shape index (κ1) is 12.2. The van der Waals surface area contributed by atoms with Gasteiger partial charge >= 0.3 is 0 Å². The first-order valence-corrected chi connectivity index (χ1v) is 6.17. The fourth-order valence-electron chi connectivity index (χ4n) is 1.17. The van der Waals surface area contributed by atoms with Gasteiger partial charge in [0.1, 0.15) is 0 Å². The van der Waals surface area contributed by atoms with E-state index in [1.54, 1.807) is 0 Å². The van der Waals surface area contributed by atoms with Gasteiger partial charge in [0, 0.05) is 11.3 Å². The third-order valence-electron chi connectivity index (χ3n) is 1.91. The highest BCUT2D eigenvalue weighted by atomic mass is 32.2. The van der Waals surface area contributed by atoms with Gasteiger partial charge < -0.3 is 5.73 Å². The molecule has 0 unspecified atom stereocenters. The van der Waals surface area contributed by atoms with Crippen molar-refractivity contribution in [2.75, 3.05) is 6.54 Å². The van der Waals surface area contributed by atoms with E-state index in [0.29, 0.717) is 11.8 Å². The van der Waals surface area contributed by atoms with Gasteiger partial charge in [0.15, 0.2) is 0 Å². The van der Waals surface area contributed by atoms with Gasteiger partial charge in [-0.1, -0.05) is 43.9 Å². The van der Waals surface area contributed by atoms with Gasteiger partial charge in [0.05, 0.1) is 6.54 Å². The average Bonchev–Trinajstić information content (AvgIpc) is 2.24. The molecule has 2 N–H and O–H groups in total. The minimum atomic E-state index is 0.422. The van der Waals surface area contributed by atoms with Crippen molar-refractivity contribution in [3.05, 3.63) is 35.4 Å². The van der Waals surface area contributed by atoms with E-state index >= 15 is 0 Å². The summed E-state index contributed by atoms with van der Waals surface area (Å²) in [5, 5.41) is 0.653. The van der Waals surface area contributed by atoms with E-state index < -0.39 is 0 Å². The highest BCUT2D eigenvalue weighted by Gasteiger charge is 2.00. The smallest absolute Gasteiger partial charge is 0.0555 e. The molecule has 80 valence electrons. The Morgan fingerprint density at radius 2 is 2.07 bits per heavy atom. The van der Waals surface area contributed by atoms with Crippen molar-refractivity contribution in [1.29, 1.82) is 0 Å². The van der Waals surface area contributed by atoms with E-state index in [4.69, 9.17) is 5.73 Å². The Bertz CT molecular complexity index is 360. The van der Waals surface area contributed by atoms with Crippen molar-refractivity contribution in [2.45, 2.75) is 24.9 Å². The van der Waals surface area contributed by atoms with E-state index in [1.807, 2.05) is 17.8 Å². The lowest BCUT2D eigenvalue weighted by atomic mass is 10.1. The predicted octanol–water partition coefficient (Wildman–Crippen LogP) is 2.64. The van der Waals surface area contributed by atoms with Crippen LogP contribution in [0.2, 0.25) is 0 Å². The third kappa shape index (κ3) is 4.42. The standard InChI is InChI=1S/C13H17NS/c1-11(2)15-10-13-7-4-3-6-12(13)8-5-9-14/h3-4,6-7,11H,9-10,14H2,1-2H3. The molecule has 1 aromatic rings. The van der Waals surface area contributed by atoms with Gasteiger partial charge in [-0.2, -0.15) is 11.8 Å². The molecule has 2 heteroatoms. The van der Waals surface area contributed by atoms with Gasteiger partial charge in [0.25, 0.3) is 0 Å².